The van der Waals surface area contributed by atoms with Crippen LogP contribution in [0.1, 0.15) is 32.4 Å². The van der Waals surface area contributed by atoms with Crippen LogP contribution in [-0.2, 0) is 9.53 Å². The fourth-order valence-corrected chi connectivity index (χ4v) is 2.58. The van der Waals surface area contributed by atoms with E-state index in [4.69, 9.17) is 17.0 Å². The van der Waals surface area contributed by atoms with E-state index in [0.717, 1.165) is 0 Å². The molecule has 7 nitrogen and oxygen atoms in total. The first-order valence-corrected chi connectivity index (χ1v) is 7.44. The first kappa shape index (κ1) is 16.9. The number of hydrogen-bond acceptors (Lipinski definition) is 5. The number of hydrogen-bond donors (Lipinski definition) is 2. The molecule has 0 aromatic heterocycles. The SMILES string of the molecule is CC1=C(C(=O)OC(C)C)C(c2cccc([N+](=O)[O-])c2)NC(=S)N1. The zero-order valence-electron chi connectivity index (χ0n) is 13.0. The third kappa shape index (κ3) is 3.84. The van der Waals surface area contributed by atoms with Crippen LogP contribution in [-0.4, -0.2) is 22.1 Å². The quantitative estimate of drug-likeness (QED) is 0.377. The molecule has 1 atom stereocenters. The van der Waals surface area contributed by atoms with E-state index in [1.807, 2.05) is 0 Å². The van der Waals surface area contributed by atoms with E-state index in [0.29, 0.717) is 21.9 Å². The van der Waals surface area contributed by atoms with E-state index < -0.39 is 16.9 Å². The standard InChI is InChI=1S/C15H17N3O4S/c1-8(2)22-14(19)12-9(3)16-15(23)17-13(12)10-5-4-6-11(7-10)18(20)21/h4-8,13H,1-3H3,(H2,16,17,23). The average Bonchev–Trinajstić information content (AvgIpc) is 2.45. The number of rotatable bonds is 4. The lowest BCUT2D eigenvalue weighted by Gasteiger charge is -2.30. The van der Waals surface area contributed by atoms with Gasteiger partial charge in [0.1, 0.15) is 0 Å². The summed E-state index contributed by atoms with van der Waals surface area (Å²) in [5.41, 5.74) is 1.43. The van der Waals surface area contributed by atoms with Gasteiger partial charge in [0.15, 0.2) is 5.11 Å². The van der Waals surface area contributed by atoms with Crippen molar-refractivity contribution in [1.82, 2.24) is 10.6 Å². The van der Waals surface area contributed by atoms with Crippen LogP contribution in [0.15, 0.2) is 35.5 Å². The number of nitrogens with one attached hydrogen (secondary N) is 2. The molecule has 2 rings (SSSR count). The van der Waals surface area contributed by atoms with E-state index in [1.165, 1.54) is 12.1 Å². The molecule has 0 bridgehead atoms. The van der Waals surface area contributed by atoms with Crippen molar-refractivity contribution in [2.75, 3.05) is 0 Å². The molecule has 23 heavy (non-hydrogen) atoms. The Balaban J connectivity index is 2.46. The molecule has 1 unspecified atom stereocenters. The Morgan fingerprint density at radius 2 is 2.13 bits per heavy atom. The number of allylic oxidation sites excluding steroid dienone is 1. The highest BCUT2D eigenvalue weighted by molar-refractivity contribution is 7.80. The van der Waals surface area contributed by atoms with Crippen LogP contribution >= 0.6 is 12.2 Å². The predicted octanol–water partition coefficient (Wildman–Crippen LogP) is 2.34. The fraction of sp³-hybridized carbons (Fsp3) is 0.333. The van der Waals surface area contributed by atoms with Crippen molar-refractivity contribution < 1.29 is 14.5 Å². The number of benzene rings is 1. The topological polar surface area (TPSA) is 93.5 Å². The van der Waals surface area contributed by atoms with Gasteiger partial charge >= 0.3 is 5.97 Å². The minimum atomic E-state index is -0.602. The third-order valence-electron chi connectivity index (χ3n) is 3.25. The van der Waals surface area contributed by atoms with Crippen LogP contribution in [0.2, 0.25) is 0 Å². The van der Waals surface area contributed by atoms with Crippen molar-refractivity contribution in [2.45, 2.75) is 32.9 Å². The van der Waals surface area contributed by atoms with Gasteiger partial charge in [-0.1, -0.05) is 12.1 Å². The van der Waals surface area contributed by atoms with Crippen molar-refractivity contribution in [2.24, 2.45) is 0 Å². The number of thiocarbonyl (C=S) groups is 1. The highest BCUT2D eigenvalue weighted by Crippen LogP contribution is 2.29. The summed E-state index contributed by atoms with van der Waals surface area (Å²) in [4.78, 5) is 22.9. The van der Waals surface area contributed by atoms with Gasteiger partial charge in [0.05, 0.1) is 22.6 Å². The second-order valence-corrected chi connectivity index (χ2v) is 5.78. The van der Waals surface area contributed by atoms with E-state index in [-0.39, 0.29) is 11.8 Å². The zero-order chi connectivity index (χ0) is 17.1. The molecule has 0 fully saturated rings. The summed E-state index contributed by atoms with van der Waals surface area (Å²) in [5, 5.41) is 17.2. The van der Waals surface area contributed by atoms with Crippen LogP contribution in [0, 0.1) is 10.1 Å². The van der Waals surface area contributed by atoms with Crippen LogP contribution in [0.3, 0.4) is 0 Å². The summed E-state index contributed by atoms with van der Waals surface area (Å²) in [6.07, 6.45) is -0.276. The van der Waals surface area contributed by atoms with E-state index in [2.05, 4.69) is 10.6 Å². The van der Waals surface area contributed by atoms with Crippen LogP contribution < -0.4 is 10.6 Å². The van der Waals surface area contributed by atoms with Gasteiger partial charge in [0.25, 0.3) is 5.69 Å². The number of esters is 1. The second-order valence-electron chi connectivity index (χ2n) is 5.38. The van der Waals surface area contributed by atoms with Gasteiger partial charge in [-0.25, -0.2) is 4.79 Å². The van der Waals surface area contributed by atoms with Gasteiger partial charge in [0.2, 0.25) is 0 Å². The van der Waals surface area contributed by atoms with Crippen molar-refractivity contribution in [3.8, 4) is 0 Å². The van der Waals surface area contributed by atoms with Gasteiger partial charge in [-0.2, -0.15) is 0 Å². The number of non-ortho nitro benzene ring substituents is 1. The number of ether oxygens (including phenoxy) is 1. The van der Waals surface area contributed by atoms with E-state index in [9.17, 15) is 14.9 Å². The smallest absolute Gasteiger partial charge is 0.338 e. The lowest BCUT2D eigenvalue weighted by atomic mass is 9.95. The number of nitro groups is 1. The molecular weight excluding hydrogens is 318 g/mol. The maximum Gasteiger partial charge on any atom is 0.338 e. The summed E-state index contributed by atoms with van der Waals surface area (Å²) in [5.74, 6) is -0.489. The Morgan fingerprint density at radius 3 is 2.74 bits per heavy atom. The Bertz CT molecular complexity index is 700. The summed E-state index contributed by atoms with van der Waals surface area (Å²) < 4.78 is 5.27. The highest BCUT2D eigenvalue weighted by atomic mass is 32.1. The summed E-state index contributed by atoms with van der Waals surface area (Å²) >= 11 is 5.13. The number of nitro benzene ring substituents is 1. The Hall–Kier alpha value is -2.48. The Morgan fingerprint density at radius 1 is 1.43 bits per heavy atom. The lowest BCUT2D eigenvalue weighted by molar-refractivity contribution is -0.384. The molecule has 1 heterocycles. The maximum atomic E-state index is 12.4. The van der Waals surface area contributed by atoms with Gasteiger partial charge in [-0.05, 0) is 38.6 Å². The minimum absolute atomic E-state index is 0.0528. The normalized spacial score (nSPS) is 17.6. The van der Waals surface area contributed by atoms with Crippen molar-refractivity contribution in [3.05, 3.63) is 51.2 Å². The number of carbonyl (C=O) groups excluding carboxylic acids is 1. The third-order valence-corrected chi connectivity index (χ3v) is 3.47. The average molecular weight is 335 g/mol. The molecule has 1 aliphatic heterocycles. The molecule has 0 amide bonds. The van der Waals surface area contributed by atoms with Crippen molar-refractivity contribution >= 4 is 29.0 Å². The van der Waals surface area contributed by atoms with E-state index >= 15 is 0 Å². The predicted molar refractivity (Wildman–Crippen MR) is 88.6 cm³/mol. The largest absolute Gasteiger partial charge is 0.459 e. The molecule has 1 aliphatic rings. The molecule has 0 aliphatic carbocycles. The first-order valence-electron chi connectivity index (χ1n) is 7.03. The summed E-state index contributed by atoms with van der Waals surface area (Å²) in [6, 6.07) is 5.48. The van der Waals surface area contributed by atoms with Crippen LogP contribution in [0.25, 0.3) is 0 Å². The van der Waals surface area contributed by atoms with Gasteiger partial charge in [-0.3, -0.25) is 10.1 Å². The molecule has 0 spiro atoms. The zero-order valence-corrected chi connectivity index (χ0v) is 13.8. The molecule has 2 N–H and O–H groups in total. The molecule has 0 saturated carbocycles. The molecule has 8 heteroatoms. The van der Waals surface area contributed by atoms with Gasteiger partial charge in [-0.15, -0.1) is 0 Å². The Labute approximate surface area is 138 Å². The van der Waals surface area contributed by atoms with Crippen LogP contribution in [0.5, 0.6) is 0 Å². The molecular formula is C15H17N3O4S. The number of nitrogens with zero attached hydrogens (tertiary/aromatic N) is 1. The van der Waals surface area contributed by atoms with Crippen molar-refractivity contribution in [3.63, 3.8) is 0 Å². The minimum Gasteiger partial charge on any atom is -0.459 e. The van der Waals surface area contributed by atoms with Crippen LogP contribution in [0.4, 0.5) is 5.69 Å². The monoisotopic (exact) mass is 335 g/mol. The van der Waals surface area contributed by atoms with E-state index in [1.54, 1.807) is 32.9 Å². The molecule has 1 aromatic carbocycles. The lowest BCUT2D eigenvalue weighted by Crippen LogP contribution is -2.45. The fourth-order valence-electron chi connectivity index (χ4n) is 2.31. The molecule has 0 radical (unpaired) electrons. The second kappa shape index (κ2) is 6.74. The molecule has 1 aromatic rings. The molecule has 122 valence electrons. The van der Waals surface area contributed by atoms with Crippen molar-refractivity contribution in [1.29, 1.82) is 0 Å². The Kier molecular flexibility index (Phi) is 4.95. The highest BCUT2D eigenvalue weighted by Gasteiger charge is 2.32. The first-order chi connectivity index (χ1) is 10.8. The number of carbonyl (C=O) groups is 1. The van der Waals surface area contributed by atoms with Gasteiger partial charge in [0, 0.05) is 17.8 Å². The summed E-state index contributed by atoms with van der Waals surface area (Å²) in [6.45, 7) is 5.23. The maximum absolute atomic E-state index is 12.4. The summed E-state index contributed by atoms with van der Waals surface area (Å²) in [7, 11) is 0. The van der Waals surface area contributed by atoms with Gasteiger partial charge < -0.3 is 15.4 Å². The molecule has 0 saturated heterocycles.